The molecule has 2 atom stereocenters. The van der Waals surface area contributed by atoms with E-state index in [4.69, 9.17) is 9.47 Å². The number of carbonyl (C=O) groups excluding carboxylic acids is 2. The maximum absolute atomic E-state index is 12.7. The number of ketones is 1. The van der Waals surface area contributed by atoms with Crippen LogP contribution in [0.2, 0.25) is 0 Å². The fourth-order valence-electron chi connectivity index (χ4n) is 4.24. The Balaban J connectivity index is 2.52. The zero-order valence-corrected chi connectivity index (χ0v) is 22.7. The van der Waals surface area contributed by atoms with Gasteiger partial charge in [-0.1, -0.05) is 83.5 Å². The molecule has 0 N–H and O–H groups in total. The molecule has 194 valence electrons. The first kappa shape index (κ1) is 30.4. The highest BCUT2D eigenvalue weighted by Gasteiger charge is 2.35. The van der Waals surface area contributed by atoms with E-state index in [2.05, 4.69) is 25.7 Å². The molecule has 0 aromatic carbocycles. The first-order valence-electron chi connectivity index (χ1n) is 13.9. The third-order valence-electron chi connectivity index (χ3n) is 6.08. The van der Waals surface area contributed by atoms with E-state index in [0.717, 1.165) is 50.5 Å². The molecule has 1 aliphatic rings. The summed E-state index contributed by atoms with van der Waals surface area (Å²) in [5.74, 6) is 6.50. The van der Waals surface area contributed by atoms with Crippen LogP contribution < -0.4 is 0 Å². The number of hydrogen-bond acceptors (Lipinski definition) is 4. The zero-order valence-electron chi connectivity index (χ0n) is 22.7. The molecular formula is C30H50O4. The van der Waals surface area contributed by atoms with Crippen molar-refractivity contribution < 1.29 is 19.1 Å². The van der Waals surface area contributed by atoms with E-state index in [1.165, 1.54) is 44.9 Å². The molecule has 1 rings (SSSR count). The van der Waals surface area contributed by atoms with Gasteiger partial charge >= 0.3 is 5.97 Å². The van der Waals surface area contributed by atoms with Crippen molar-refractivity contribution in [3.05, 3.63) is 11.6 Å². The molecule has 1 aliphatic carbocycles. The van der Waals surface area contributed by atoms with Crippen molar-refractivity contribution in [1.82, 2.24) is 0 Å². The van der Waals surface area contributed by atoms with Gasteiger partial charge in [-0.15, -0.1) is 0 Å². The van der Waals surface area contributed by atoms with Gasteiger partial charge in [-0.3, -0.25) is 9.59 Å². The summed E-state index contributed by atoms with van der Waals surface area (Å²) in [5.41, 5.74) is 0.438. The van der Waals surface area contributed by atoms with Gasteiger partial charge in [0, 0.05) is 25.0 Å². The first-order valence-corrected chi connectivity index (χ1v) is 13.9. The van der Waals surface area contributed by atoms with Gasteiger partial charge in [-0.05, 0) is 52.5 Å². The van der Waals surface area contributed by atoms with Crippen molar-refractivity contribution in [3.63, 3.8) is 0 Å². The number of rotatable bonds is 17. The average Bonchev–Trinajstić information content (AvgIpc) is 3.06. The molecule has 0 fully saturated rings. The van der Waals surface area contributed by atoms with Gasteiger partial charge in [0.25, 0.3) is 0 Å². The van der Waals surface area contributed by atoms with Gasteiger partial charge in [0.05, 0.1) is 5.92 Å². The predicted octanol–water partition coefficient (Wildman–Crippen LogP) is 7.73. The van der Waals surface area contributed by atoms with Crippen LogP contribution in [0.4, 0.5) is 0 Å². The Morgan fingerprint density at radius 1 is 0.912 bits per heavy atom. The molecule has 0 radical (unpaired) electrons. The summed E-state index contributed by atoms with van der Waals surface area (Å²) in [5, 5.41) is 0. The van der Waals surface area contributed by atoms with E-state index in [-0.39, 0.29) is 23.8 Å². The molecule has 4 heteroatoms. The second kappa shape index (κ2) is 17.8. The van der Waals surface area contributed by atoms with Crippen LogP contribution in [0.3, 0.4) is 0 Å². The predicted molar refractivity (Wildman–Crippen MR) is 141 cm³/mol. The van der Waals surface area contributed by atoms with E-state index in [9.17, 15) is 9.59 Å². The number of allylic oxidation sites excluding steroid dienone is 1. The minimum absolute atomic E-state index is 0.0900. The average molecular weight is 475 g/mol. The van der Waals surface area contributed by atoms with E-state index in [1.54, 1.807) is 6.08 Å². The van der Waals surface area contributed by atoms with Gasteiger partial charge < -0.3 is 9.47 Å². The van der Waals surface area contributed by atoms with Crippen LogP contribution in [0.25, 0.3) is 0 Å². The first-order chi connectivity index (χ1) is 16.3. The molecule has 0 heterocycles. The Hall–Kier alpha value is -1.60. The number of unbranched alkanes of at least 4 members (excludes halogenated alkanes) is 10. The standard InChI is InChI=1S/C30H50O4/c1-6-8-10-12-14-16-20-25-24-27(31)26(21-17-13-11-9-7-2)29(25)33-23-19-15-18-22-28(32)34-30(3,4)5/h24,26,29H,6-15,17-19,21-23H2,1-5H3. The lowest BCUT2D eigenvalue weighted by atomic mass is 9.93. The summed E-state index contributed by atoms with van der Waals surface area (Å²) < 4.78 is 11.6. The third-order valence-corrected chi connectivity index (χ3v) is 6.08. The van der Waals surface area contributed by atoms with E-state index in [1.807, 2.05) is 20.8 Å². The molecule has 0 aromatic rings. The van der Waals surface area contributed by atoms with Crippen molar-refractivity contribution >= 4 is 11.8 Å². The molecular weight excluding hydrogens is 424 g/mol. The lowest BCUT2D eigenvalue weighted by Gasteiger charge is -2.21. The van der Waals surface area contributed by atoms with Crippen LogP contribution in [0.5, 0.6) is 0 Å². The number of esters is 1. The molecule has 0 spiro atoms. The van der Waals surface area contributed by atoms with Crippen LogP contribution in [0.1, 0.15) is 131 Å². The Morgan fingerprint density at radius 3 is 2.24 bits per heavy atom. The minimum Gasteiger partial charge on any atom is -0.460 e. The number of hydrogen-bond donors (Lipinski definition) is 0. The van der Waals surface area contributed by atoms with E-state index < -0.39 is 5.60 Å². The molecule has 34 heavy (non-hydrogen) atoms. The molecule has 2 unspecified atom stereocenters. The Kier molecular flexibility index (Phi) is 15.9. The van der Waals surface area contributed by atoms with Gasteiger partial charge in [0.1, 0.15) is 11.7 Å². The fourth-order valence-corrected chi connectivity index (χ4v) is 4.24. The van der Waals surface area contributed by atoms with Crippen LogP contribution in [0, 0.1) is 17.8 Å². The monoisotopic (exact) mass is 474 g/mol. The molecule has 0 aliphatic heterocycles. The molecule has 4 nitrogen and oxygen atoms in total. The summed E-state index contributed by atoms with van der Waals surface area (Å²) in [7, 11) is 0. The van der Waals surface area contributed by atoms with Crippen molar-refractivity contribution in [2.24, 2.45) is 5.92 Å². The number of ether oxygens (including phenoxy) is 2. The van der Waals surface area contributed by atoms with Crippen molar-refractivity contribution in [2.75, 3.05) is 6.61 Å². The SMILES string of the molecule is CCCCCCC#CC1=CC(=O)C(CCCCCCC)C1OCCCCCC(=O)OC(C)(C)C. The molecule has 0 bridgehead atoms. The van der Waals surface area contributed by atoms with E-state index in [0.29, 0.717) is 13.0 Å². The topological polar surface area (TPSA) is 52.6 Å². The van der Waals surface area contributed by atoms with Gasteiger partial charge in [-0.25, -0.2) is 0 Å². The largest absolute Gasteiger partial charge is 0.460 e. The highest BCUT2D eigenvalue weighted by Crippen LogP contribution is 2.30. The summed E-state index contributed by atoms with van der Waals surface area (Å²) >= 11 is 0. The minimum atomic E-state index is -0.430. The summed E-state index contributed by atoms with van der Waals surface area (Å²) in [6.07, 6.45) is 17.1. The second-order valence-electron chi connectivity index (χ2n) is 10.6. The van der Waals surface area contributed by atoms with Gasteiger partial charge in [0.15, 0.2) is 5.78 Å². The van der Waals surface area contributed by atoms with Crippen LogP contribution in [-0.2, 0) is 19.1 Å². The maximum atomic E-state index is 12.7. The molecule has 0 saturated heterocycles. The van der Waals surface area contributed by atoms with Gasteiger partial charge in [-0.2, -0.15) is 0 Å². The lowest BCUT2D eigenvalue weighted by Crippen LogP contribution is -2.26. The fraction of sp³-hybridized carbons (Fsp3) is 0.800. The maximum Gasteiger partial charge on any atom is 0.306 e. The van der Waals surface area contributed by atoms with E-state index >= 15 is 0 Å². The summed E-state index contributed by atoms with van der Waals surface area (Å²) in [6.45, 7) is 10.7. The van der Waals surface area contributed by atoms with Crippen molar-refractivity contribution in [3.8, 4) is 11.8 Å². The van der Waals surface area contributed by atoms with Crippen LogP contribution in [-0.4, -0.2) is 30.1 Å². The highest BCUT2D eigenvalue weighted by molar-refractivity contribution is 5.97. The van der Waals surface area contributed by atoms with Crippen LogP contribution >= 0.6 is 0 Å². The molecule has 0 aromatic heterocycles. The molecule has 0 saturated carbocycles. The highest BCUT2D eigenvalue weighted by atomic mass is 16.6. The van der Waals surface area contributed by atoms with Crippen LogP contribution in [0.15, 0.2) is 11.6 Å². The molecule has 0 amide bonds. The van der Waals surface area contributed by atoms with Crippen molar-refractivity contribution in [2.45, 2.75) is 143 Å². The van der Waals surface area contributed by atoms with Crippen molar-refractivity contribution in [1.29, 1.82) is 0 Å². The second-order valence-corrected chi connectivity index (χ2v) is 10.6. The smallest absolute Gasteiger partial charge is 0.306 e. The van der Waals surface area contributed by atoms with Gasteiger partial charge in [0.2, 0.25) is 0 Å². The summed E-state index contributed by atoms with van der Waals surface area (Å²) in [6, 6.07) is 0. The normalized spacial score (nSPS) is 17.9. The summed E-state index contributed by atoms with van der Waals surface area (Å²) in [4.78, 5) is 24.6. The lowest BCUT2D eigenvalue weighted by molar-refractivity contribution is -0.155. The number of carbonyl (C=O) groups is 2. The Labute approximate surface area is 209 Å². The Bertz CT molecular complexity index is 674. The Morgan fingerprint density at radius 2 is 1.56 bits per heavy atom. The quantitative estimate of drug-likeness (QED) is 0.123. The zero-order chi connectivity index (χ0) is 25.2. The third kappa shape index (κ3) is 14.0.